The number of hydrogen-bond donors (Lipinski definition) is 1. The van der Waals surface area contributed by atoms with Gasteiger partial charge in [-0.1, -0.05) is 18.2 Å². The topological polar surface area (TPSA) is 79.8 Å². The minimum absolute atomic E-state index is 0.146. The number of aromatic nitrogens is 2. The van der Waals surface area contributed by atoms with Crippen molar-refractivity contribution in [3.8, 4) is 17.4 Å². The van der Waals surface area contributed by atoms with E-state index in [0.29, 0.717) is 37.1 Å². The van der Waals surface area contributed by atoms with Crippen molar-refractivity contribution in [1.82, 2.24) is 14.9 Å². The molecule has 0 unspecified atom stereocenters. The number of hydrogen-bond acceptors (Lipinski definition) is 6. The highest BCUT2D eigenvalue weighted by Gasteiger charge is 2.28. The molecule has 2 aliphatic heterocycles. The normalized spacial score (nSPS) is 15.4. The number of rotatable bonds is 5. The molecule has 2 aromatic carbocycles. The minimum Gasteiger partial charge on any atom is -0.497 e. The molecule has 0 atom stereocenters. The van der Waals surface area contributed by atoms with Crippen molar-refractivity contribution in [1.29, 1.82) is 0 Å². The van der Waals surface area contributed by atoms with Gasteiger partial charge in [0, 0.05) is 31.7 Å². The van der Waals surface area contributed by atoms with Gasteiger partial charge in [-0.05, 0) is 55.7 Å². The molecule has 2 aliphatic rings. The van der Waals surface area contributed by atoms with Crippen LogP contribution in [-0.4, -0.2) is 47.6 Å². The molecule has 5 rings (SSSR count). The van der Waals surface area contributed by atoms with Crippen LogP contribution in [0.4, 0.5) is 16.4 Å². The zero-order valence-electron chi connectivity index (χ0n) is 19.4. The van der Waals surface area contributed by atoms with Crippen LogP contribution in [0.15, 0.2) is 54.6 Å². The van der Waals surface area contributed by atoms with Gasteiger partial charge in [-0.3, -0.25) is 0 Å². The van der Waals surface area contributed by atoms with Gasteiger partial charge < -0.3 is 24.6 Å². The quantitative estimate of drug-likeness (QED) is 0.587. The van der Waals surface area contributed by atoms with Crippen LogP contribution in [0, 0.1) is 0 Å². The Morgan fingerprint density at radius 1 is 0.912 bits per heavy atom. The van der Waals surface area contributed by atoms with Crippen LogP contribution in [0.1, 0.15) is 30.5 Å². The van der Waals surface area contributed by atoms with Crippen molar-refractivity contribution < 1.29 is 14.3 Å². The van der Waals surface area contributed by atoms with E-state index in [-0.39, 0.29) is 6.03 Å². The predicted octanol–water partition coefficient (Wildman–Crippen LogP) is 4.86. The molecule has 3 aromatic rings. The maximum absolute atomic E-state index is 12.9. The summed E-state index contributed by atoms with van der Waals surface area (Å²) in [6.45, 7) is 2.88. The number of urea groups is 1. The van der Waals surface area contributed by atoms with E-state index >= 15 is 0 Å². The second-order valence-electron chi connectivity index (χ2n) is 8.55. The molecule has 2 amide bonds. The summed E-state index contributed by atoms with van der Waals surface area (Å²) >= 11 is 0. The van der Waals surface area contributed by atoms with E-state index in [1.54, 1.807) is 12.0 Å². The van der Waals surface area contributed by atoms with Crippen molar-refractivity contribution in [3.63, 3.8) is 0 Å². The third-order valence-electron chi connectivity index (χ3n) is 6.24. The van der Waals surface area contributed by atoms with E-state index in [0.717, 1.165) is 48.6 Å². The fourth-order valence-corrected chi connectivity index (χ4v) is 4.34. The Balaban J connectivity index is 1.42. The molecular formula is C26H29N5O3. The monoisotopic (exact) mass is 459 g/mol. The summed E-state index contributed by atoms with van der Waals surface area (Å²) in [4.78, 5) is 26.7. The van der Waals surface area contributed by atoms with E-state index < -0.39 is 0 Å². The number of anilines is 2. The lowest BCUT2D eigenvalue weighted by atomic mass is 10.1. The van der Waals surface area contributed by atoms with Gasteiger partial charge in [-0.2, -0.15) is 4.98 Å². The predicted molar refractivity (Wildman–Crippen MR) is 131 cm³/mol. The Morgan fingerprint density at radius 2 is 1.65 bits per heavy atom. The lowest BCUT2D eigenvalue weighted by molar-refractivity contribution is 0.205. The molecule has 8 heteroatoms. The number of nitrogens with zero attached hydrogens (tertiary/aromatic N) is 4. The maximum Gasteiger partial charge on any atom is 0.322 e. The summed E-state index contributed by atoms with van der Waals surface area (Å²) < 4.78 is 11.5. The number of piperidine rings is 1. The van der Waals surface area contributed by atoms with Crippen molar-refractivity contribution in [2.75, 3.05) is 37.0 Å². The highest BCUT2D eigenvalue weighted by Crippen LogP contribution is 2.33. The first kappa shape index (κ1) is 22.0. The van der Waals surface area contributed by atoms with E-state index in [1.165, 1.54) is 6.42 Å². The molecule has 1 fully saturated rings. The summed E-state index contributed by atoms with van der Waals surface area (Å²) in [6, 6.07) is 16.8. The van der Waals surface area contributed by atoms with Gasteiger partial charge in [-0.15, -0.1) is 0 Å². The third kappa shape index (κ3) is 4.90. The van der Waals surface area contributed by atoms with Crippen LogP contribution >= 0.6 is 0 Å². The van der Waals surface area contributed by atoms with Gasteiger partial charge in [0.1, 0.15) is 11.5 Å². The van der Waals surface area contributed by atoms with Crippen LogP contribution in [-0.2, 0) is 13.0 Å². The molecule has 176 valence electrons. The number of carbonyl (C=O) groups is 1. The number of carbonyl (C=O) groups excluding carboxylic acids is 1. The fraction of sp³-hybridized carbons (Fsp3) is 0.346. The van der Waals surface area contributed by atoms with Gasteiger partial charge in [0.15, 0.2) is 0 Å². The van der Waals surface area contributed by atoms with E-state index in [9.17, 15) is 4.79 Å². The second kappa shape index (κ2) is 9.99. The fourth-order valence-electron chi connectivity index (χ4n) is 4.34. The van der Waals surface area contributed by atoms with Gasteiger partial charge in [0.05, 0.1) is 24.9 Å². The SMILES string of the molecule is COc1ccc(Oc2nc(N3CCCCC3)nc3c2CN(C(=O)Nc2ccccc2)CC3)cc1. The summed E-state index contributed by atoms with van der Waals surface area (Å²) in [5.74, 6) is 2.64. The number of para-hydroxylation sites is 1. The zero-order chi connectivity index (χ0) is 23.3. The summed E-state index contributed by atoms with van der Waals surface area (Å²) in [5.41, 5.74) is 2.57. The number of amides is 2. The Labute approximate surface area is 199 Å². The van der Waals surface area contributed by atoms with Crippen LogP contribution in [0.2, 0.25) is 0 Å². The highest BCUT2D eigenvalue weighted by atomic mass is 16.5. The van der Waals surface area contributed by atoms with Crippen molar-refractivity contribution in [2.45, 2.75) is 32.2 Å². The third-order valence-corrected chi connectivity index (χ3v) is 6.24. The molecule has 0 bridgehead atoms. The molecule has 1 N–H and O–H groups in total. The average Bonchev–Trinajstić information content (AvgIpc) is 2.90. The lowest BCUT2D eigenvalue weighted by Crippen LogP contribution is -2.40. The summed E-state index contributed by atoms with van der Waals surface area (Å²) in [5, 5.41) is 2.97. The first-order valence-corrected chi connectivity index (χ1v) is 11.8. The molecule has 0 saturated carbocycles. The van der Waals surface area contributed by atoms with Crippen molar-refractivity contribution >= 4 is 17.7 Å². The van der Waals surface area contributed by atoms with E-state index in [2.05, 4.69) is 10.2 Å². The lowest BCUT2D eigenvalue weighted by Gasteiger charge is -2.32. The van der Waals surface area contributed by atoms with Crippen LogP contribution in [0.25, 0.3) is 0 Å². The number of benzene rings is 2. The van der Waals surface area contributed by atoms with Gasteiger partial charge >= 0.3 is 6.03 Å². The number of nitrogens with one attached hydrogen (secondary N) is 1. The summed E-state index contributed by atoms with van der Waals surface area (Å²) in [7, 11) is 1.64. The first-order chi connectivity index (χ1) is 16.7. The molecule has 0 aliphatic carbocycles. The zero-order valence-corrected chi connectivity index (χ0v) is 19.4. The second-order valence-corrected chi connectivity index (χ2v) is 8.55. The van der Waals surface area contributed by atoms with Crippen molar-refractivity contribution in [3.05, 3.63) is 65.9 Å². The summed E-state index contributed by atoms with van der Waals surface area (Å²) in [6.07, 6.45) is 4.17. The molecule has 0 radical (unpaired) electrons. The van der Waals surface area contributed by atoms with Gasteiger partial charge in [0.2, 0.25) is 11.8 Å². The van der Waals surface area contributed by atoms with Gasteiger partial charge in [0.25, 0.3) is 0 Å². The van der Waals surface area contributed by atoms with E-state index in [4.69, 9.17) is 19.4 Å². The molecule has 1 aromatic heterocycles. The standard InChI is InChI=1S/C26H29N5O3/c1-33-20-10-12-21(13-11-20)34-24-22-18-31(26(32)27-19-8-4-2-5-9-19)17-14-23(22)28-25(29-24)30-15-6-3-7-16-30/h2,4-5,8-13H,3,6-7,14-18H2,1H3,(H,27,32). The number of ether oxygens (including phenoxy) is 2. The molecular weight excluding hydrogens is 430 g/mol. The van der Waals surface area contributed by atoms with Gasteiger partial charge in [-0.25, -0.2) is 9.78 Å². The maximum atomic E-state index is 12.9. The number of fused-ring (bicyclic) bond motifs is 1. The molecule has 8 nitrogen and oxygen atoms in total. The Hall–Kier alpha value is -3.81. The van der Waals surface area contributed by atoms with Crippen LogP contribution in [0.3, 0.4) is 0 Å². The number of methoxy groups -OCH3 is 1. The highest BCUT2D eigenvalue weighted by molar-refractivity contribution is 5.89. The largest absolute Gasteiger partial charge is 0.497 e. The van der Waals surface area contributed by atoms with Crippen molar-refractivity contribution in [2.24, 2.45) is 0 Å². The van der Waals surface area contributed by atoms with Crippen LogP contribution < -0.4 is 19.7 Å². The first-order valence-electron chi connectivity index (χ1n) is 11.8. The Bertz CT molecular complexity index is 1130. The molecule has 1 saturated heterocycles. The van der Waals surface area contributed by atoms with Crippen LogP contribution in [0.5, 0.6) is 17.4 Å². The van der Waals surface area contributed by atoms with E-state index in [1.807, 2.05) is 54.6 Å². The Kier molecular flexibility index (Phi) is 6.46. The molecule has 3 heterocycles. The minimum atomic E-state index is -0.146. The smallest absolute Gasteiger partial charge is 0.322 e. The molecule has 0 spiro atoms. The Morgan fingerprint density at radius 3 is 2.38 bits per heavy atom. The average molecular weight is 460 g/mol. The molecule has 34 heavy (non-hydrogen) atoms.